The van der Waals surface area contributed by atoms with Gasteiger partial charge in [-0.2, -0.15) is 5.26 Å². The van der Waals surface area contributed by atoms with Gasteiger partial charge in [-0.1, -0.05) is 6.92 Å². The van der Waals surface area contributed by atoms with E-state index in [9.17, 15) is 10.1 Å². The van der Waals surface area contributed by atoms with E-state index in [0.29, 0.717) is 24.2 Å². The van der Waals surface area contributed by atoms with Crippen molar-refractivity contribution in [3.05, 3.63) is 36.0 Å². The predicted molar refractivity (Wildman–Crippen MR) is 90.5 cm³/mol. The lowest BCUT2D eigenvalue weighted by Gasteiger charge is -2.24. The Bertz CT molecular complexity index is 888. The molecule has 2 heterocycles. The standard InChI is InChI=1S/C19H19N3O2/c1-3-24-17(23)19-10-18(19,2)11-22(12-19)15-7-6-13(9-20)16-14(15)5-4-8-21-16/h4-8H,3,10-12H2,1-2H3. The summed E-state index contributed by atoms with van der Waals surface area (Å²) in [5.41, 5.74) is 1.92. The molecule has 1 aliphatic carbocycles. The molecule has 4 rings (SSSR count). The highest BCUT2D eigenvalue weighted by molar-refractivity contribution is 5.96. The van der Waals surface area contributed by atoms with Crippen molar-refractivity contribution in [3.63, 3.8) is 0 Å². The van der Waals surface area contributed by atoms with E-state index >= 15 is 0 Å². The minimum atomic E-state index is -0.383. The predicted octanol–water partition coefficient (Wildman–Crippen LogP) is 2.89. The summed E-state index contributed by atoms with van der Waals surface area (Å²) in [5, 5.41) is 10.2. The molecule has 2 aliphatic rings. The van der Waals surface area contributed by atoms with Gasteiger partial charge < -0.3 is 9.64 Å². The van der Waals surface area contributed by atoms with Gasteiger partial charge in [0.2, 0.25) is 0 Å². The number of hydrogen-bond donors (Lipinski definition) is 0. The summed E-state index contributed by atoms with van der Waals surface area (Å²) in [6.07, 6.45) is 2.59. The largest absolute Gasteiger partial charge is 0.465 e. The van der Waals surface area contributed by atoms with Gasteiger partial charge in [0.05, 0.1) is 23.1 Å². The molecule has 0 radical (unpaired) electrons. The maximum absolute atomic E-state index is 12.5. The van der Waals surface area contributed by atoms with Crippen LogP contribution in [0, 0.1) is 22.2 Å². The number of ether oxygens (including phenoxy) is 1. The van der Waals surface area contributed by atoms with E-state index in [4.69, 9.17) is 4.74 Å². The summed E-state index contributed by atoms with van der Waals surface area (Å²) in [7, 11) is 0. The number of pyridine rings is 1. The Kier molecular flexibility index (Phi) is 3.08. The molecule has 1 aromatic heterocycles. The lowest BCUT2D eigenvalue weighted by Crippen LogP contribution is -2.30. The molecule has 0 spiro atoms. The monoisotopic (exact) mass is 321 g/mol. The molecule has 5 heteroatoms. The molecular weight excluding hydrogens is 302 g/mol. The van der Waals surface area contributed by atoms with Crippen molar-refractivity contribution in [1.82, 2.24) is 4.98 Å². The number of benzene rings is 1. The number of nitriles is 1. The van der Waals surface area contributed by atoms with E-state index in [-0.39, 0.29) is 16.8 Å². The van der Waals surface area contributed by atoms with Gasteiger partial charge in [0.1, 0.15) is 6.07 Å². The first-order valence-electron chi connectivity index (χ1n) is 8.25. The van der Waals surface area contributed by atoms with Crippen LogP contribution in [0.5, 0.6) is 0 Å². The molecule has 0 bridgehead atoms. The molecule has 0 amide bonds. The fourth-order valence-corrected chi connectivity index (χ4v) is 4.23. The van der Waals surface area contributed by atoms with E-state index in [1.807, 2.05) is 31.2 Å². The second kappa shape index (κ2) is 4.94. The zero-order chi connectivity index (χ0) is 16.9. The van der Waals surface area contributed by atoms with E-state index in [2.05, 4.69) is 22.9 Å². The third-order valence-electron chi connectivity index (χ3n) is 5.60. The Hall–Kier alpha value is -2.61. The maximum atomic E-state index is 12.5. The molecule has 2 atom stereocenters. The van der Waals surface area contributed by atoms with Crippen molar-refractivity contribution in [2.75, 3.05) is 24.6 Å². The van der Waals surface area contributed by atoms with Crippen LogP contribution in [0.2, 0.25) is 0 Å². The Morgan fingerprint density at radius 3 is 3.00 bits per heavy atom. The minimum absolute atomic E-state index is 0.0261. The number of esters is 1. The molecule has 2 aromatic rings. The minimum Gasteiger partial charge on any atom is -0.465 e. The summed E-state index contributed by atoms with van der Waals surface area (Å²) in [6.45, 7) is 5.91. The first-order chi connectivity index (χ1) is 11.5. The van der Waals surface area contributed by atoms with Gasteiger partial charge in [0.15, 0.2) is 0 Å². The lowest BCUT2D eigenvalue weighted by atomic mass is 9.99. The summed E-state index contributed by atoms with van der Waals surface area (Å²) in [6, 6.07) is 9.85. The van der Waals surface area contributed by atoms with Gasteiger partial charge >= 0.3 is 5.97 Å². The first-order valence-corrected chi connectivity index (χ1v) is 8.25. The van der Waals surface area contributed by atoms with Crippen LogP contribution in [0.15, 0.2) is 30.5 Å². The van der Waals surface area contributed by atoms with E-state index in [1.165, 1.54) is 0 Å². The van der Waals surface area contributed by atoms with Gasteiger partial charge in [-0.25, -0.2) is 0 Å². The van der Waals surface area contributed by atoms with Crippen molar-refractivity contribution < 1.29 is 9.53 Å². The van der Waals surface area contributed by atoms with E-state index in [0.717, 1.165) is 24.0 Å². The van der Waals surface area contributed by atoms with Gasteiger partial charge in [-0.05, 0) is 37.6 Å². The molecule has 2 fully saturated rings. The van der Waals surface area contributed by atoms with Crippen molar-refractivity contribution >= 4 is 22.6 Å². The molecule has 24 heavy (non-hydrogen) atoms. The van der Waals surface area contributed by atoms with Crippen molar-refractivity contribution in [3.8, 4) is 6.07 Å². The van der Waals surface area contributed by atoms with Gasteiger partial charge in [-0.3, -0.25) is 9.78 Å². The van der Waals surface area contributed by atoms with E-state index < -0.39 is 0 Å². The summed E-state index contributed by atoms with van der Waals surface area (Å²) in [5.74, 6) is -0.0777. The Morgan fingerprint density at radius 1 is 1.42 bits per heavy atom. The second-order valence-corrected chi connectivity index (χ2v) is 7.04. The van der Waals surface area contributed by atoms with Gasteiger partial charge in [0, 0.05) is 35.8 Å². The van der Waals surface area contributed by atoms with E-state index in [1.54, 1.807) is 6.20 Å². The van der Waals surface area contributed by atoms with Gasteiger partial charge in [-0.15, -0.1) is 0 Å². The summed E-state index contributed by atoms with van der Waals surface area (Å²) in [4.78, 5) is 19.1. The number of anilines is 1. The third kappa shape index (κ3) is 1.86. The number of carbonyl (C=O) groups excluding carboxylic acids is 1. The number of fused-ring (bicyclic) bond motifs is 2. The highest BCUT2D eigenvalue weighted by atomic mass is 16.5. The fourth-order valence-electron chi connectivity index (χ4n) is 4.23. The van der Waals surface area contributed by atoms with Crippen LogP contribution in [0.3, 0.4) is 0 Å². The Morgan fingerprint density at radius 2 is 2.25 bits per heavy atom. The summed E-state index contributed by atoms with van der Waals surface area (Å²) < 4.78 is 5.32. The topological polar surface area (TPSA) is 66.2 Å². The number of hydrogen-bond acceptors (Lipinski definition) is 5. The number of carbonyl (C=O) groups is 1. The van der Waals surface area contributed by atoms with Crippen LogP contribution in [-0.2, 0) is 9.53 Å². The Labute approximate surface area is 140 Å². The van der Waals surface area contributed by atoms with Crippen LogP contribution >= 0.6 is 0 Å². The number of nitrogens with zero attached hydrogens (tertiary/aromatic N) is 3. The molecule has 1 aliphatic heterocycles. The lowest BCUT2D eigenvalue weighted by molar-refractivity contribution is -0.150. The highest BCUT2D eigenvalue weighted by Crippen LogP contribution is 2.69. The average Bonchev–Trinajstić information content (AvgIpc) is 3.07. The molecule has 1 aromatic carbocycles. The van der Waals surface area contributed by atoms with Crippen molar-refractivity contribution in [2.45, 2.75) is 20.3 Å². The number of piperidine rings is 1. The fraction of sp³-hybridized carbons (Fsp3) is 0.421. The highest BCUT2D eigenvalue weighted by Gasteiger charge is 2.74. The smallest absolute Gasteiger partial charge is 0.314 e. The van der Waals surface area contributed by atoms with Crippen molar-refractivity contribution in [2.24, 2.45) is 10.8 Å². The Balaban J connectivity index is 1.74. The quantitative estimate of drug-likeness (QED) is 0.813. The van der Waals surface area contributed by atoms with Crippen LogP contribution in [0.1, 0.15) is 25.8 Å². The molecule has 122 valence electrons. The zero-order valence-electron chi connectivity index (χ0n) is 13.9. The SMILES string of the molecule is CCOC(=O)C12CN(c3ccc(C#N)c4ncccc34)CC1(C)C2. The first kappa shape index (κ1) is 14.9. The molecule has 1 saturated carbocycles. The molecule has 0 N–H and O–H groups in total. The normalized spacial score (nSPS) is 27.6. The zero-order valence-corrected chi connectivity index (χ0v) is 13.9. The molecule has 5 nitrogen and oxygen atoms in total. The number of rotatable bonds is 3. The average molecular weight is 321 g/mol. The van der Waals surface area contributed by atoms with Crippen LogP contribution in [0.25, 0.3) is 10.9 Å². The molecular formula is C19H19N3O2. The third-order valence-corrected chi connectivity index (χ3v) is 5.60. The second-order valence-electron chi connectivity index (χ2n) is 7.04. The van der Waals surface area contributed by atoms with Crippen LogP contribution in [0.4, 0.5) is 5.69 Å². The summed E-state index contributed by atoms with van der Waals surface area (Å²) >= 11 is 0. The van der Waals surface area contributed by atoms with Gasteiger partial charge in [0.25, 0.3) is 0 Å². The van der Waals surface area contributed by atoms with Crippen LogP contribution in [-0.4, -0.2) is 30.6 Å². The molecule has 1 saturated heterocycles. The number of aromatic nitrogens is 1. The maximum Gasteiger partial charge on any atom is 0.314 e. The molecule has 2 unspecified atom stereocenters. The van der Waals surface area contributed by atoms with Crippen LogP contribution < -0.4 is 4.90 Å². The van der Waals surface area contributed by atoms with Crippen molar-refractivity contribution in [1.29, 1.82) is 5.26 Å².